The van der Waals surface area contributed by atoms with Gasteiger partial charge in [0.15, 0.2) is 11.5 Å². The Morgan fingerprint density at radius 1 is 1.47 bits per heavy atom. The Labute approximate surface area is 89.4 Å². The maximum atomic E-state index is 11.2. The van der Waals surface area contributed by atoms with E-state index in [-0.39, 0.29) is 5.78 Å². The monoisotopic (exact) mass is 208 g/mol. The molecule has 0 saturated heterocycles. The first kappa shape index (κ1) is 11.5. The van der Waals surface area contributed by atoms with Gasteiger partial charge in [0, 0.05) is 0 Å². The number of rotatable bonds is 1. The highest BCUT2D eigenvalue weighted by Crippen LogP contribution is 2.34. The van der Waals surface area contributed by atoms with Gasteiger partial charge in [-0.3, -0.25) is 10.5 Å². The van der Waals surface area contributed by atoms with Gasteiger partial charge >= 0.3 is 0 Å². The van der Waals surface area contributed by atoms with E-state index in [2.05, 4.69) is 5.32 Å². The first-order valence-electron chi connectivity index (χ1n) is 5.01. The van der Waals surface area contributed by atoms with E-state index < -0.39 is 6.35 Å². The largest absolute Gasteiger partial charge is 0.455 e. The summed E-state index contributed by atoms with van der Waals surface area (Å²) >= 11 is 0. The number of anilines is 1. The zero-order valence-corrected chi connectivity index (χ0v) is 9.20. The molecule has 1 atom stereocenters. The Morgan fingerprint density at radius 2 is 2.13 bits per heavy atom. The van der Waals surface area contributed by atoms with Crippen LogP contribution in [0, 0.1) is 0 Å². The van der Waals surface area contributed by atoms with Gasteiger partial charge in [0.25, 0.3) is 0 Å². The summed E-state index contributed by atoms with van der Waals surface area (Å²) in [5.74, 6) is 0.537. The van der Waals surface area contributed by atoms with E-state index in [1.165, 1.54) is 6.92 Å². The van der Waals surface area contributed by atoms with Gasteiger partial charge in [-0.2, -0.15) is 0 Å². The summed E-state index contributed by atoms with van der Waals surface area (Å²) in [5, 5.41) is 2.90. The highest BCUT2D eigenvalue weighted by atomic mass is 16.5. The van der Waals surface area contributed by atoms with Crippen molar-refractivity contribution in [2.75, 3.05) is 5.32 Å². The molecule has 1 aromatic carbocycles. The minimum atomic E-state index is -0.546. The van der Waals surface area contributed by atoms with Crippen molar-refractivity contribution in [3.8, 4) is 5.75 Å². The molecule has 4 heteroatoms. The second kappa shape index (κ2) is 4.79. The average molecular weight is 208 g/mol. The summed E-state index contributed by atoms with van der Waals surface area (Å²) in [6, 6.07) is 5.35. The summed E-state index contributed by atoms with van der Waals surface area (Å²) in [4.78, 5) is 11.2. The van der Waals surface area contributed by atoms with Crippen LogP contribution in [-0.2, 0) is 0 Å². The molecule has 0 aliphatic carbocycles. The molecule has 2 rings (SSSR count). The van der Waals surface area contributed by atoms with Gasteiger partial charge in [-0.15, -0.1) is 0 Å². The number of para-hydroxylation sites is 1. The lowest BCUT2D eigenvalue weighted by molar-refractivity contribution is 0.101. The zero-order valence-electron chi connectivity index (χ0n) is 9.20. The zero-order chi connectivity index (χ0) is 11.4. The second-order valence-electron chi connectivity index (χ2n) is 2.92. The van der Waals surface area contributed by atoms with Crippen molar-refractivity contribution in [3.63, 3.8) is 0 Å². The van der Waals surface area contributed by atoms with Crippen LogP contribution in [0.15, 0.2) is 18.2 Å². The normalized spacial score (nSPS) is 16.7. The molecular weight excluding hydrogens is 192 g/mol. The Hall–Kier alpha value is -1.55. The number of Topliss-reactive ketones (excluding diaryl/α,β-unsaturated/α-hetero) is 1. The fourth-order valence-corrected chi connectivity index (χ4v) is 1.36. The molecule has 1 aliphatic rings. The smallest absolute Gasteiger partial charge is 0.225 e. The molecule has 0 saturated carbocycles. The third-order valence-electron chi connectivity index (χ3n) is 1.94. The van der Waals surface area contributed by atoms with Gasteiger partial charge in [0.2, 0.25) is 6.35 Å². The maximum Gasteiger partial charge on any atom is 0.225 e. The Kier molecular flexibility index (Phi) is 3.68. The van der Waals surface area contributed by atoms with E-state index >= 15 is 0 Å². The first-order valence-corrected chi connectivity index (χ1v) is 5.01. The molecule has 1 aliphatic heterocycles. The van der Waals surface area contributed by atoms with Crippen LogP contribution in [0.5, 0.6) is 5.75 Å². The molecular formula is C11H16N2O2. The molecule has 0 bridgehead atoms. The molecule has 1 heterocycles. The van der Waals surface area contributed by atoms with E-state index in [4.69, 9.17) is 10.5 Å². The van der Waals surface area contributed by atoms with Crippen molar-refractivity contribution in [3.05, 3.63) is 23.8 Å². The van der Waals surface area contributed by atoms with Gasteiger partial charge in [0.05, 0.1) is 11.3 Å². The van der Waals surface area contributed by atoms with Gasteiger partial charge in [-0.05, 0) is 19.1 Å². The number of benzene rings is 1. The van der Waals surface area contributed by atoms with E-state index in [0.29, 0.717) is 11.3 Å². The summed E-state index contributed by atoms with van der Waals surface area (Å²) in [6.45, 7) is 5.50. The lowest BCUT2D eigenvalue weighted by atomic mass is 10.1. The number of ether oxygens (including phenoxy) is 1. The molecule has 15 heavy (non-hydrogen) atoms. The first-order chi connectivity index (χ1) is 7.18. The van der Waals surface area contributed by atoms with Crippen LogP contribution in [0.4, 0.5) is 5.69 Å². The molecule has 0 fully saturated rings. The summed E-state index contributed by atoms with van der Waals surface area (Å²) in [7, 11) is 0. The molecule has 1 unspecified atom stereocenters. The average Bonchev–Trinajstić information content (AvgIpc) is 2.60. The van der Waals surface area contributed by atoms with Crippen LogP contribution in [-0.4, -0.2) is 12.1 Å². The summed E-state index contributed by atoms with van der Waals surface area (Å²) in [5.41, 5.74) is 6.85. The van der Waals surface area contributed by atoms with E-state index in [1.807, 2.05) is 19.9 Å². The Morgan fingerprint density at radius 3 is 2.73 bits per heavy atom. The Bertz CT molecular complexity index is 364. The standard InChI is InChI=1S/C9H10N2O2.C2H6/c1-5(12)6-3-2-4-7-8(6)13-9(10)11-7;1-2/h2-4,9,11H,10H2,1H3;1-2H3. The summed E-state index contributed by atoms with van der Waals surface area (Å²) < 4.78 is 5.25. The van der Waals surface area contributed by atoms with Gasteiger partial charge < -0.3 is 10.1 Å². The van der Waals surface area contributed by atoms with Crippen molar-refractivity contribution < 1.29 is 9.53 Å². The number of ketones is 1. The number of carbonyl (C=O) groups excluding carboxylic acids is 1. The fourth-order valence-electron chi connectivity index (χ4n) is 1.36. The molecule has 0 spiro atoms. The van der Waals surface area contributed by atoms with Crippen LogP contribution < -0.4 is 15.8 Å². The van der Waals surface area contributed by atoms with Crippen LogP contribution in [0.2, 0.25) is 0 Å². The number of nitrogens with one attached hydrogen (secondary N) is 1. The number of nitrogens with two attached hydrogens (primary N) is 1. The molecule has 0 aromatic heterocycles. The lowest BCUT2D eigenvalue weighted by Crippen LogP contribution is -2.30. The molecule has 4 nitrogen and oxygen atoms in total. The highest BCUT2D eigenvalue weighted by molar-refractivity contribution is 5.99. The number of hydrogen-bond donors (Lipinski definition) is 2. The quantitative estimate of drug-likeness (QED) is 0.692. The minimum Gasteiger partial charge on any atom is -0.455 e. The van der Waals surface area contributed by atoms with E-state index in [1.54, 1.807) is 12.1 Å². The Balaban J connectivity index is 0.000000531. The third kappa shape index (κ3) is 2.27. The molecule has 0 radical (unpaired) electrons. The van der Waals surface area contributed by atoms with Crippen LogP contribution >= 0.6 is 0 Å². The van der Waals surface area contributed by atoms with Crippen LogP contribution in [0.1, 0.15) is 31.1 Å². The van der Waals surface area contributed by atoms with E-state index in [0.717, 1.165) is 5.69 Å². The second-order valence-corrected chi connectivity index (χ2v) is 2.92. The van der Waals surface area contributed by atoms with Crippen molar-refractivity contribution in [1.29, 1.82) is 0 Å². The molecule has 1 aromatic rings. The van der Waals surface area contributed by atoms with Gasteiger partial charge in [0.1, 0.15) is 0 Å². The van der Waals surface area contributed by atoms with Crippen LogP contribution in [0.25, 0.3) is 0 Å². The van der Waals surface area contributed by atoms with Gasteiger partial charge in [-0.25, -0.2) is 0 Å². The molecule has 82 valence electrons. The van der Waals surface area contributed by atoms with Crippen molar-refractivity contribution in [2.45, 2.75) is 27.1 Å². The number of carbonyl (C=O) groups is 1. The van der Waals surface area contributed by atoms with Gasteiger partial charge in [-0.1, -0.05) is 19.9 Å². The number of fused-ring (bicyclic) bond motifs is 1. The third-order valence-corrected chi connectivity index (χ3v) is 1.94. The predicted octanol–water partition coefficient (Wildman–Crippen LogP) is 1.96. The van der Waals surface area contributed by atoms with Crippen LogP contribution in [0.3, 0.4) is 0 Å². The van der Waals surface area contributed by atoms with Crippen molar-refractivity contribution in [1.82, 2.24) is 0 Å². The lowest BCUT2D eigenvalue weighted by Gasteiger charge is -2.03. The predicted molar refractivity (Wildman–Crippen MR) is 60.0 cm³/mol. The number of hydrogen-bond acceptors (Lipinski definition) is 4. The van der Waals surface area contributed by atoms with E-state index in [9.17, 15) is 4.79 Å². The topological polar surface area (TPSA) is 64.3 Å². The molecule has 0 amide bonds. The van der Waals surface area contributed by atoms with Crippen molar-refractivity contribution in [2.24, 2.45) is 5.73 Å². The summed E-state index contributed by atoms with van der Waals surface area (Å²) in [6.07, 6.45) is -0.546. The maximum absolute atomic E-state index is 11.2. The fraction of sp³-hybridized carbons (Fsp3) is 0.364. The SMILES string of the molecule is CC.CC(=O)c1cccc2c1OC(N)N2. The molecule has 3 N–H and O–H groups in total. The highest BCUT2D eigenvalue weighted by Gasteiger charge is 2.22. The minimum absolute atomic E-state index is 0.0206. The van der Waals surface area contributed by atoms with Crippen molar-refractivity contribution >= 4 is 11.5 Å².